The Morgan fingerprint density at radius 2 is 2.40 bits per heavy atom. The molecule has 0 radical (unpaired) electrons. The zero-order valence-corrected chi connectivity index (χ0v) is 5.40. The summed E-state index contributed by atoms with van der Waals surface area (Å²) in [6.07, 6.45) is 11.2. The molecule has 50 valence electrons. The third kappa shape index (κ3) is 0.778. The zero-order chi connectivity index (χ0) is 6.81. The van der Waals surface area contributed by atoms with Crippen LogP contribution in [-0.4, -0.2) is 12.4 Å². The highest BCUT2D eigenvalue weighted by Gasteiger charge is 2.11. The van der Waals surface area contributed by atoms with Gasteiger partial charge in [0, 0.05) is 5.57 Å². The van der Waals surface area contributed by atoms with Gasteiger partial charge in [0.05, 0.1) is 12.3 Å². The van der Waals surface area contributed by atoms with Gasteiger partial charge in [-0.3, -0.25) is 0 Å². The molecule has 2 aliphatic rings. The topological polar surface area (TPSA) is 21.6 Å². The summed E-state index contributed by atoms with van der Waals surface area (Å²) in [5.74, 6) is 0. The van der Waals surface area contributed by atoms with E-state index >= 15 is 0 Å². The fourth-order valence-corrected chi connectivity index (χ4v) is 1.00. The molecule has 0 fully saturated rings. The molecule has 1 heterocycles. The maximum absolute atomic E-state index is 4.90. The monoisotopic (exact) mass is 133 g/mol. The fraction of sp³-hybridized carbons (Fsp3) is 0.125. The van der Waals surface area contributed by atoms with E-state index in [2.05, 4.69) is 4.99 Å². The molecule has 10 heavy (non-hydrogen) atoms. The summed E-state index contributed by atoms with van der Waals surface area (Å²) in [4.78, 5) is 4.10. The third-order valence-corrected chi connectivity index (χ3v) is 1.52. The fourth-order valence-electron chi connectivity index (χ4n) is 1.00. The SMILES string of the molecule is C1=CC2=COC=NC2C=C1. The van der Waals surface area contributed by atoms with Gasteiger partial charge in [-0.25, -0.2) is 4.99 Å². The number of hydrogen-bond donors (Lipinski definition) is 0. The quantitative estimate of drug-likeness (QED) is 0.489. The molecule has 0 bridgehead atoms. The molecule has 0 aromatic rings. The van der Waals surface area contributed by atoms with Crippen LogP contribution in [-0.2, 0) is 4.74 Å². The van der Waals surface area contributed by atoms with E-state index in [1.807, 2.05) is 24.3 Å². The van der Waals surface area contributed by atoms with Crippen LogP contribution in [0.4, 0.5) is 0 Å². The number of hydrogen-bond acceptors (Lipinski definition) is 2. The van der Waals surface area contributed by atoms with Crippen molar-refractivity contribution in [3.05, 3.63) is 36.1 Å². The van der Waals surface area contributed by atoms with Crippen molar-refractivity contribution in [2.45, 2.75) is 6.04 Å². The molecule has 0 saturated carbocycles. The van der Waals surface area contributed by atoms with Gasteiger partial charge in [-0.05, 0) is 0 Å². The first-order valence-corrected chi connectivity index (χ1v) is 3.19. The second-order valence-electron chi connectivity index (χ2n) is 2.20. The lowest BCUT2D eigenvalue weighted by atomic mass is 10.0. The Morgan fingerprint density at radius 3 is 3.30 bits per heavy atom. The minimum atomic E-state index is 0.193. The second kappa shape index (κ2) is 2.14. The molecular weight excluding hydrogens is 126 g/mol. The van der Waals surface area contributed by atoms with Gasteiger partial charge >= 0.3 is 0 Å². The lowest BCUT2D eigenvalue weighted by Crippen LogP contribution is -2.10. The van der Waals surface area contributed by atoms with Gasteiger partial charge in [0.1, 0.15) is 0 Å². The van der Waals surface area contributed by atoms with Crippen molar-refractivity contribution in [3.8, 4) is 0 Å². The van der Waals surface area contributed by atoms with E-state index in [1.165, 1.54) is 6.40 Å². The Hall–Kier alpha value is -1.31. The summed E-state index contributed by atoms with van der Waals surface area (Å²) in [6.45, 7) is 0. The van der Waals surface area contributed by atoms with Crippen molar-refractivity contribution >= 4 is 6.40 Å². The number of nitrogens with zero attached hydrogens (tertiary/aromatic N) is 1. The van der Waals surface area contributed by atoms with Crippen molar-refractivity contribution in [2.75, 3.05) is 0 Å². The average Bonchev–Trinajstić information content (AvgIpc) is 2.05. The van der Waals surface area contributed by atoms with Gasteiger partial charge < -0.3 is 4.74 Å². The van der Waals surface area contributed by atoms with Crippen molar-refractivity contribution in [2.24, 2.45) is 4.99 Å². The standard InChI is InChI=1S/C8H7NO/c1-2-4-8-7(3-1)5-10-6-9-8/h1-6,8H. The van der Waals surface area contributed by atoms with E-state index in [0.717, 1.165) is 5.57 Å². The zero-order valence-electron chi connectivity index (χ0n) is 5.40. The number of fused-ring (bicyclic) bond motifs is 1. The predicted molar refractivity (Wildman–Crippen MR) is 39.7 cm³/mol. The Labute approximate surface area is 59.2 Å². The number of rotatable bonds is 0. The van der Waals surface area contributed by atoms with Crippen LogP contribution in [0, 0.1) is 0 Å². The third-order valence-electron chi connectivity index (χ3n) is 1.52. The van der Waals surface area contributed by atoms with Crippen LogP contribution in [0.25, 0.3) is 0 Å². The molecule has 0 N–H and O–H groups in total. The molecule has 0 saturated heterocycles. The van der Waals surface area contributed by atoms with Crippen LogP contribution in [0.1, 0.15) is 0 Å². The van der Waals surface area contributed by atoms with Gasteiger partial charge in [0.15, 0.2) is 6.40 Å². The molecule has 1 atom stereocenters. The largest absolute Gasteiger partial charge is 0.453 e. The van der Waals surface area contributed by atoms with Crippen molar-refractivity contribution < 1.29 is 4.74 Å². The Bertz CT molecular complexity index is 248. The summed E-state index contributed by atoms with van der Waals surface area (Å²) in [6, 6.07) is 0.193. The average molecular weight is 133 g/mol. The molecule has 1 aliphatic heterocycles. The summed E-state index contributed by atoms with van der Waals surface area (Å²) in [5, 5.41) is 0. The van der Waals surface area contributed by atoms with Gasteiger partial charge in [-0.2, -0.15) is 0 Å². The Balaban J connectivity index is 2.33. The van der Waals surface area contributed by atoms with Gasteiger partial charge in [0.25, 0.3) is 0 Å². The van der Waals surface area contributed by atoms with E-state index in [4.69, 9.17) is 4.74 Å². The molecule has 2 nitrogen and oxygen atoms in total. The highest BCUT2D eigenvalue weighted by Crippen LogP contribution is 2.16. The lowest BCUT2D eigenvalue weighted by molar-refractivity contribution is 0.470. The highest BCUT2D eigenvalue weighted by atomic mass is 16.5. The van der Waals surface area contributed by atoms with Crippen LogP contribution in [0.5, 0.6) is 0 Å². The molecule has 0 aromatic carbocycles. The summed E-state index contributed by atoms with van der Waals surface area (Å²) in [5.41, 5.74) is 1.12. The first-order valence-electron chi connectivity index (χ1n) is 3.19. The van der Waals surface area contributed by atoms with Crippen LogP contribution < -0.4 is 0 Å². The molecule has 0 aromatic heterocycles. The van der Waals surface area contributed by atoms with Crippen molar-refractivity contribution in [1.82, 2.24) is 0 Å². The minimum Gasteiger partial charge on any atom is -0.453 e. The first-order chi connectivity index (χ1) is 4.97. The molecule has 2 heteroatoms. The highest BCUT2D eigenvalue weighted by molar-refractivity contribution is 5.54. The maximum atomic E-state index is 4.90. The van der Waals surface area contributed by atoms with Crippen LogP contribution in [0.15, 0.2) is 41.1 Å². The molecular formula is C8H7NO. The Kier molecular flexibility index (Phi) is 1.17. The van der Waals surface area contributed by atoms with Crippen molar-refractivity contribution in [3.63, 3.8) is 0 Å². The van der Waals surface area contributed by atoms with Crippen LogP contribution in [0.2, 0.25) is 0 Å². The minimum absolute atomic E-state index is 0.193. The van der Waals surface area contributed by atoms with Gasteiger partial charge in [-0.1, -0.05) is 24.3 Å². The number of allylic oxidation sites excluding steroid dienone is 2. The number of ether oxygens (including phenoxy) is 1. The Morgan fingerprint density at radius 1 is 1.40 bits per heavy atom. The van der Waals surface area contributed by atoms with E-state index in [1.54, 1.807) is 6.26 Å². The van der Waals surface area contributed by atoms with Crippen LogP contribution in [0.3, 0.4) is 0 Å². The van der Waals surface area contributed by atoms with Gasteiger partial charge in [0.2, 0.25) is 0 Å². The molecule has 1 aliphatic carbocycles. The molecule has 1 unspecified atom stereocenters. The summed E-state index contributed by atoms with van der Waals surface area (Å²) < 4.78 is 4.90. The smallest absolute Gasteiger partial charge is 0.176 e. The summed E-state index contributed by atoms with van der Waals surface area (Å²) in [7, 11) is 0. The van der Waals surface area contributed by atoms with Crippen LogP contribution >= 0.6 is 0 Å². The van der Waals surface area contributed by atoms with Crippen molar-refractivity contribution in [1.29, 1.82) is 0 Å². The molecule has 2 rings (SSSR count). The van der Waals surface area contributed by atoms with E-state index < -0.39 is 0 Å². The summed E-state index contributed by atoms with van der Waals surface area (Å²) >= 11 is 0. The predicted octanol–water partition coefficient (Wildman–Crippen LogP) is 1.42. The van der Waals surface area contributed by atoms with E-state index in [0.29, 0.717) is 0 Å². The second-order valence-corrected chi connectivity index (χ2v) is 2.20. The first kappa shape index (κ1) is 5.47. The lowest BCUT2D eigenvalue weighted by Gasteiger charge is -2.14. The number of aliphatic imine (C=N–C) groups is 1. The molecule has 0 amide bonds. The maximum Gasteiger partial charge on any atom is 0.176 e. The molecule has 0 spiro atoms. The normalized spacial score (nSPS) is 27.2. The van der Waals surface area contributed by atoms with Gasteiger partial charge in [-0.15, -0.1) is 0 Å². The van der Waals surface area contributed by atoms with E-state index in [9.17, 15) is 0 Å². The van der Waals surface area contributed by atoms with E-state index in [-0.39, 0.29) is 6.04 Å².